The lowest BCUT2D eigenvalue weighted by molar-refractivity contribution is -0.164. The van der Waals surface area contributed by atoms with E-state index in [1.54, 1.807) is 6.07 Å². The Hall–Kier alpha value is -1.84. The molecule has 2 unspecified atom stereocenters. The van der Waals surface area contributed by atoms with Crippen molar-refractivity contribution in [3.63, 3.8) is 0 Å². The Morgan fingerprint density at radius 1 is 1.19 bits per heavy atom. The molecule has 0 amide bonds. The first-order valence-corrected chi connectivity index (χ1v) is 9.69. The predicted molar refractivity (Wildman–Crippen MR) is 102 cm³/mol. The van der Waals surface area contributed by atoms with E-state index in [9.17, 15) is 9.59 Å². The summed E-state index contributed by atoms with van der Waals surface area (Å²) < 4.78 is 11.5. The molecule has 1 aliphatic rings. The monoisotopic (exact) mass is 360 g/mol. The van der Waals surface area contributed by atoms with Crippen LogP contribution in [-0.4, -0.2) is 24.6 Å². The molecule has 0 spiro atoms. The molecule has 0 aliphatic heterocycles. The molecule has 2 atom stereocenters. The van der Waals surface area contributed by atoms with E-state index in [1.807, 2.05) is 39.0 Å². The standard InChI is InChI=1S/C22H32O4/c1-15(2)13-22(21(24)25-14-16(3)4)11-7-10-19(22)26-20(23)18-9-6-8-17(5)12-18/h6,8-9,12,15-16,19H,7,10-11,13-14H2,1-5H3. The minimum atomic E-state index is -0.720. The summed E-state index contributed by atoms with van der Waals surface area (Å²) in [7, 11) is 0. The summed E-state index contributed by atoms with van der Waals surface area (Å²) in [6, 6.07) is 7.36. The molecule has 0 heterocycles. The van der Waals surface area contributed by atoms with Gasteiger partial charge in [0.05, 0.1) is 12.2 Å². The molecule has 1 aromatic rings. The fourth-order valence-electron chi connectivity index (χ4n) is 3.85. The van der Waals surface area contributed by atoms with E-state index in [2.05, 4.69) is 13.8 Å². The second-order valence-corrected chi connectivity index (χ2v) is 8.40. The van der Waals surface area contributed by atoms with Gasteiger partial charge >= 0.3 is 11.9 Å². The Bertz CT molecular complexity index is 635. The first-order valence-electron chi connectivity index (χ1n) is 9.69. The number of benzene rings is 1. The predicted octanol–water partition coefficient (Wildman–Crippen LogP) is 4.94. The van der Waals surface area contributed by atoms with Crippen LogP contribution in [0.2, 0.25) is 0 Å². The third-order valence-corrected chi connectivity index (χ3v) is 4.94. The number of esters is 2. The summed E-state index contributed by atoms with van der Waals surface area (Å²) in [5.41, 5.74) is 0.823. The van der Waals surface area contributed by atoms with Gasteiger partial charge in [0.1, 0.15) is 11.5 Å². The van der Waals surface area contributed by atoms with Crippen molar-refractivity contribution >= 4 is 11.9 Å². The van der Waals surface area contributed by atoms with Gasteiger partial charge in [0.25, 0.3) is 0 Å². The highest BCUT2D eigenvalue weighted by molar-refractivity contribution is 5.90. The molecule has 0 aromatic heterocycles. The maximum absolute atomic E-state index is 13.0. The molecule has 4 nitrogen and oxygen atoms in total. The van der Waals surface area contributed by atoms with Crippen LogP contribution in [0, 0.1) is 24.2 Å². The Balaban J connectivity index is 2.20. The van der Waals surface area contributed by atoms with Crippen LogP contribution < -0.4 is 0 Å². The van der Waals surface area contributed by atoms with Crippen LogP contribution in [0.3, 0.4) is 0 Å². The van der Waals surface area contributed by atoms with Crippen LogP contribution in [0.4, 0.5) is 0 Å². The van der Waals surface area contributed by atoms with Crippen LogP contribution >= 0.6 is 0 Å². The number of rotatable bonds is 7. The molecular formula is C22H32O4. The van der Waals surface area contributed by atoms with Crippen molar-refractivity contribution in [2.45, 2.75) is 66.4 Å². The summed E-state index contributed by atoms with van der Waals surface area (Å²) in [4.78, 5) is 25.6. The Morgan fingerprint density at radius 3 is 2.54 bits per heavy atom. The average molecular weight is 360 g/mol. The fourth-order valence-corrected chi connectivity index (χ4v) is 3.85. The fraction of sp³-hybridized carbons (Fsp3) is 0.636. The normalized spacial score (nSPS) is 22.7. The molecule has 0 radical (unpaired) electrons. The Morgan fingerprint density at radius 2 is 1.92 bits per heavy atom. The lowest BCUT2D eigenvalue weighted by atomic mass is 9.76. The average Bonchev–Trinajstić information content (AvgIpc) is 2.95. The zero-order chi connectivity index (χ0) is 19.3. The van der Waals surface area contributed by atoms with Gasteiger partial charge < -0.3 is 9.47 Å². The smallest absolute Gasteiger partial charge is 0.338 e. The SMILES string of the molecule is Cc1cccc(C(=O)OC2CCCC2(CC(C)C)C(=O)OCC(C)C)c1. The van der Waals surface area contributed by atoms with E-state index in [4.69, 9.17) is 9.47 Å². The molecule has 0 N–H and O–H groups in total. The van der Waals surface area contributed by atoms with Gasteiger partial charge in [-0.15, -0.1) is 0 Å². The summed E-state index contributed by atoms with van der Waals surface area (Å²) in [5, 5.41) is 0. The molecule has 0 bridgehead atoms. The minimum absolute atomic E-state index is 0.209. The topological polar surface area (TPSA) is 52.6 Å². The van der Waals surface area contributed by atoms with E-state index in [1.165, 1.54) is 0 Å². The maximum Gasteiger partial charge on any atom is 0.338 e. The van der Waals surface area contributed by atoms with Gasteiger partial charge in [-0.25, -0.2) is 4.79 Å². The van der Waals surface area contributed by atoms with Gasteiger partial charge in [0, 0.05) is 0 Å². The summed E-state index contributed by atoms with van der Waals surface area (Å²) in [6.07, 6.45) is 2.55. The quantitative estimate of drug-likeness (QED) is 0.647. The number of hydrogen-bond donors (Lipinski definition) is 0. The Kier molecular flexibility index (Phi) is 6.85. The number of aryl methyl sites for hydroxylation is 1. The summed E-state index contributed by atoms with van der Waals surface area (Å²) >= 11 is 0. The molecule has 144 valence electrons. The van der Waals surface area contributed by atoms with Crippen molar-refractivity contribution in [1.82, 2.24) is 0 Å². The van der Waals surface area contributed by atoms with Crippen LogP contribution in [0.15, 0.2) is 24.3 Å². The van der Waals surface area contributed by atoms with Crippen LogP contribution in [0.25, 0.3) is 0 Å². The number of ether oxygens (including phenoxy) is 2. The van der Waals surface area contributed by atoms with Crippen molar-refractivity contribution < 1.29 is 19.1 Å². The second-order valence-electron chi connectivity index (χ2n) is 8.40. The first-order chi connectivity index (χ1) is 12.2. The van der Waals surface area contributed by atoms with Crippen molar-refractivity contribution in [1.29, 1.82) is 0 Å². The van der Waals surface area contributed by atoms with Gasteiger partial charge in [-0.1, -0.05) is 45.4 Å². The number of hydrogen-bond acceptors (Lipinski definition) is 4. The molecule has 0 saturated heterocycles. The van der Waals surface area contributed by atoms with Crippen molar-refractivity contribution in [3.8, 4) is 0 Å². The molecule has 26 heavy (non-hydrogen) atoms. The lowest BCUT2D eigenvalue weighted by Crippen LogP contribution is -2.43. The van der Waals surface area contributed by atoms with Gasteiger partial charge in [-0.3, -0.25) is 4.79 Å². The van der Waals surface area contributed by atoms with E-state index in [0.29, 0.717) is 37.4 Å². The van der Waals surface area contributed by atoms with Crippen molar-refractivity contribution in [2.75, 3.05) is 6.61 Å². The molecular weight excluding hydrogens is 328 g/mol. The zero-order valence-electron chi connectivity index (χ0n) is 16.7. The number of carbonyl (C=O) groups excluding carboxylic acids is 2. The lowest BCUT2D eigenvalue weighted by Gasteiger charge is -2.34. The highest BCUT2D eigenvalue weighted by Gasteiger charge is 2.52. The van der Waals surface area contributed by atoms with E-state index in [-0.39, 0.29) is 17.9 Å². The van der Waals surface area contributed by atoms with Gasteiger partial charge in [0.2, 0.25) is 0 Å². The maximum atomic E-state index is 13.0. The third kappa shape index (κ3) is 4.87. The van der Waals surface area contributed by atoms with E-state index >= 15 is 0 Å². The van der Waals surface area contributed by atoms with Gasteiger partial charge in [0.15, 0.2) is 0 Å². The molecule has 1 fully saturated rings. The second kappa shape index (κ2) is 8.70. The largest absolute Gasteiger partial charge is 0.465 e. The van der Waals surface area contributed by atoms with E-state index in [0.717, 1.165) is 12.0 Å². The van der Waals surface area contributed by atoms with Gasteiger partial charge in [-0.2, -0.15) is 0 Å². The summed E-state index contributed by atoms with van der Waals surface area (Å²) in [5.74, 6) is 0.0365. The highest BCUT2D eigenvalue weighted by atomic mass is 16.6. The van der Waals surface area contributed by atoms with Crippen LogP contribution in [-0.2, 0) is 14.3 Å². The molecule has 4 heteroatoms. The van der Waals surface area contributed by atoms with Gasteiger partial charge in [-0.05, 0) is 56.6 Å². The minimum Gasteiger partial charge on any atom is -0.465 e. The van der Waals surface area contributed by atoms with Crippen LogP contribution in [0.1, 0.15) is 69.3 Å². The molecule has 1 aromatic carbocycles. The Labute approximate surface area is 157 Å². The third-order valence-electron chi connectivity index (χ3n) is 4.94. The first kappa shape index (κ1) is 20.5. The highest BCUT2D eigenvalue weighted by Crippen LogP contribution is 2.46. The van der Waals surface area contributed by atoms with Crippen LogP contribution in [0.5, 0.6) is 0 Å². The summed E-state index contributed by atoms with van der Waals surface area (Å²) in [6.45, 7) is 10.6. The molecule has 1 aliphatic carbocycles. The zero-order valence-corrected chi connectivity index (χ0v) is 16.7. The molecule has 2 rings (SSSR count). The number of carbonyl (C=O) groups is 2. The van der Waals surface area contributed by atoms with Crippen molar-refractivity contribution in [3.05, 3.63) is 35.4 Å². The van der Waals surface area contributed by atoms with E-state index < -0.39 is 11.5 Å². The molecule has 1 saturated carbocycles. The van der Waals surface area contributed by atoms with Crippen molar-refractivity contribution in [2.24, 2.45) is 17.3 Å².